The van der Waals surface area contributed by atoms with Gasteiger partial charge in [-0.2, -0.15) is 4.31 Å². The average Bonchev–Trinajstić information content (AvgIpc) is 2.72. The number of nitro groups is 1. The third-order valence-corrected chi connectivity index (χ3v) is 8.17. The van der Waals surface area contributed by atoms with Crippen LogP contribution in [0.25, 0.3) is 0 Å². The van der Waals surface area contributed by atoms with Crippen LogP contribution in [0.15, 0.2) is 41.3 Å². The number of hydrogen-bond donors (Lipinski definition) is 1. The Morgan fingerprint density at radius 1 is 1.12 bits per heavy atom. The molecule has 1 N–H and O–H groups in total. The number of benzene rings is 2. The van der Waals surface area contributed by atoms with E-state index in [2.05, 4.69) is 5.32 Å². The van der Waals surface area contributed by atoms with Crippen molar-refractivity contribution in [3.63, 3.8) is 0 Å². The molecular formula is C23H29N3O5S. The summed E-state index contributed by atoms with van der Waals surface area (Å²) >= 11 is 0. The third kappa shape index (κ3) is 4.99. The minimum absolute atomic E-state index is 0.0243. The predicted octanol–water partition coefficient (Wildman–Crippen LogP) is 3.80. The molecule has 1 heterocycles. The third-order valence-electron chi connectivity index (χ3n) is 5.97. The second kappa shape index (κ2) is 9.38. The molecule has 1 unspecified atom stereocenters. The summed E-state index contributed by atoms with van der Waals surface area (Å²) in [5.41, 5.74) is 3.11. The molecule has 0 spiro atoms. The number of nitrogens with one attached hydrogen (secondary N) is 1. The van der Waals surface area contributed by atoms with Crippen LogP contribution in [-0.2, 0) is 14.8 Å². The number of nitrogens with zero attached hydrogens (tertiary/aromatic N) is 2. The van der Waals surface area contributed by atoms with Crippen LogP contribution < -0.4 is 5.32 Å². The molecule has 0 aliphatic carbocycles. The molecule has 0 aromatic heterocycles. The summed E-state index contributed by atoms with van der Waals surface area (Å²) in [6.45, 7) is 7.89. The first-order valence-electron chi connectivity index (χ1n) is 10.6. The molecule has 0 saturated carbocycles. The van der Waals surface area contributed by atoms with Crippen LogP contribution in [-0.4, -0.2) is 36.6 Å². The lowest BCUT2D eigenvalue weighted by Crippen LogP contribution is -2.43. The van der Waals surface area contributed by atoms with Gasteiger partial charge in [0.25, 0.3) is 5.69 Å². The summed E-state index contributed by atoms with van der Waals surface area (Å²) in [5.74, 6) is -0.466. The molecule has 1 saturated heterocycles. The number of carbonyl (C=O) groups is 1. The molecule has 0 radical (unpaired) electrons. The molecular weight excluding hydrogens is 430 g/mol. The smallest absolute Gasteiger partial charge is 0.269 e. The number of sulfonamides is 1. The van der Waals surface area contributed by atoms with E-state index in [0.717, 1.165) is 16.7 Å². The Balaban J connectivity index is 1.65. The first-order valence-corrected chi connectivity index (χ1v) is 12.1. The van der Waals surface area contributed by atoms with E-state index in [0.29, 0.717) is 23.3 Å². The van der Waals surface area contributed by atoms with Gasteiger partial charge in [0.15, 0.2) is 0 Å². The molecule has 1 aliphatic heterocycles. The fraction of sp³-hybridized carbons (Fsp3) is 0.435. The molecule has 1 fully saturated rings. The first-order chi connectivity index (χ1) is 15.0. The van der Waals surface area contributed by atoms with Crippen molar-refractivity contribution in [1.29, 1.82) is 0 Å². The number of piperidine rings is 1. The maximum absolute atomic E-state index is 13.2. The first kappa shape index (κ1) is 23.9. The molecule has 3 rings (SSSR count). The van der Waals surface area contributed by atoms with Crippen LogP contribution in [0.5, 0.6) is 0 Å². The minimum Gasteiger partial charge on any atom is -0.349 e. The number of hydrogen-bond acceptors (Lipinski definition) is 5. The molecule has 8 nitrogen and oxygen atoms in total. The second-order valence-electron chi connectivity index (χ2n) is 8.49. The Morgan fingerprint density at radius 3 is 2.28 bits per heavy atom. The average molecular weight is 460 g/mol. The van der Waals surface area contributed by atoms with Crippen LogP contribution in [0.1, 0.15) is 48.1 Å². The molecule has 1 aliphatic rings. The van der Waals surface area contributed by atoms with Crippen molar-refractivity contribution in [2.45, 2.75) is 51.5 Å². The molecule has 1 amide bonds. The summed E-state index contributed by atoms with van der Waals surface area (Å²) in [7, 11) is -3.63. The van der Waals surface area contributed by atoms with Gasteiger partial charge in [-0.05, 0) is 57.2 Å². The van der Waals surface area contributed by atoms with E-state index in [9.17, 15) is 23.3 Å². The molecule has 9 heteroatoms. The van der Waals surface area contributed by atoms with Gasteiger partial charge in [0.05, 0.1) is 15.9 Å². The number of non-ortho nitro benzene ring substituents is 1. The van der Waals surface area contributed by atoms with Crippen molar-refractivity contribution in [1.82, 2.24) is 9.62 Å². The van der Waals surface area contributed by atoms with Crippen LogP contribution in [0.4, 0.5) is 5.69 Å². The topological polar surface area (TPSA) is 110 Å². The van der Waals surface area contributed by atoms with Gasteiger partial charge in [-0.25, -0.2) is 8.42 Å². The SMILES string of the molecule is Cc1cc(C)c(S(=O)(=O)N2CCC(C(=O)NC(C)c3cccc([N+](=O)[O-])c3)CC2)c(C)c1. The highest BCUT2D eigenvalue weighted by molar-refractivity contribution is 7.89. The van der Waals surface area contributed by atoms with Crippen LogP contribution >= 0.6 is 0 Å². The highest BCUT2D eigenvalue weighted by Gasteiger charge is 2.34. The van der Waals surface area contributed by atoms with Crippen molar-refractivity contribution in [3.8, 4) is 0 Å². The van der Waals surface area contributed by atoms with E-state index in [1.807, 2.05) is 32.9 Å². The molecule has 2 aromatic carbocycles. The van der Waals surface area contributed by atoms with E-state index in [1.165, 1.54) is 16.4 Å². The Morgan fingerprint density at radius 2 is 1.72 bits per heavy atom. The standard InChI is InChI=1S/C23H29N3O5S/c1-15-12-16(2)22(17(3)13-15)32(30,31)25-10-8-19(9-11-25)23(27)24-18(4)20-6-5-7-21(14-20)26(28)29/h5-7,12-14,18-19H,8-11H2,1-4H3,(H,24,27). The fourth-order valence-corrected chi connectivity index (χ4v) is 6.26. The van der Waals surface area contributed by atoms with Crippen molar-refractivity contribution in [3.05, 3.63) is 68.8 Å². The molecule has 0 bridgehead atoms. The zero-order valence-electron chi connectivity index (χ0n) is 18.8. The molecule has 2 aromatic rings. The Bertz CT molecular complexity index is 1120. The lowest BCUT2D eigenvalue weighted by atomic mass is 9.96. The maximum Gasteiger partial charge on any atom is 0.269 e. The summed E-state index contributed by atoms with van der Waals surface area (Å²) in [6.07, 6.45) is 0.855. The van der Waals surface area contributed by atoms with E-state index in [4.69, 9.17) is 0 Å². The second-order valence-corrected chi connectivity index (χ2v) is 10.4. The summed E-state index contributed by atoms with van der Waals surface area (Å²) < 4.78 is 27.9. The normalized spacial score (nSPS) is 16.5. The van der Waals surface area contributed by atoms with Crippen molar-refractivity contribution in [2.24, 2.45) is 5.92 Å². The Kier molecular flexibility index (Phi) is 7.00. The minimum atomic E-state index is -3.63. The van der Waals surface area contributed by atoms with E-state index in [1.54, 1.807) is 19.1 Å². The summed E-state index contributed by atoms with van der Waals surface area (Å²) in [5, 5.41) is 13.9. The van der Waals surface area contributed by atoms with Gasteiger partial charge < -0.3 is 5.32 Å². The van der Waals surface area contributed by atoms with Gasteiger partial charge >= 0.3 is 0 Å². The Hall–Kier alpha value is -2.78. The zero-order chi connectivity index (χ0) is 23.6. The number of nitro benzene ring substituents is 1. The van der Waals surface area contributed by atoms with Gasteiger partial charge in [-0.1, -0.05) is 29.8 Å². The van der Waals surface area contributed by atoms with Gasteiger partial charge in [0.2, 0.25) is 15.9 Å². The van der Waals surface area contributed by atoms with Crippen LogP contribution in [0.2, 0.25) is 0 Å². The van der Waals surface area contributed by atoms with Gasteiger partial charge in [-0.15, -0.1) is 0 Å². The fourth-order valence-electron chi connectivity index (χ4n) is 4.38. The predicted molar refractivity (Wildman–Crippen MR) is 122 cm³/mol. The van der Waals surface area contributed by atoms with Crippen LogP contribution in [0, 0.1) is 36.8 Å². The monoisotopic (exact) mass is 459 g/mol. The number of rotatable bonds is 6. The molecule has 1 atom stereocenters. The van der Waals surface area contributed by atoms with Crippen LogP contribution in [0.3, 0.4) is 0 Å². The van der Waals surface area contributed by atoms with E-state index >= 15 is 0 Å². The summed E-state index contributed by atoms with van der Waals surface area (Å²) in [6, 6.07) is 9.54. The van der Waals surface area contributed by atoms with Crippen molar-refractivity contribution in [2.75, 3.05) is 13.1 Å². The number of amides is 1. The lowest BCUT2D eigenvalue weighted by Gasteiger charge is -2.32. The molecule has 172 valence electrons. The van der Waals surface area contributed by atoms with E-state index in [-0.39, 0.29) is 36.6 Å². The molecule has 32 heavy (non-hydrogen) atoms. The van der Waals surface area contributed by atoms with Crippen molar-refractivity contribution >= 4 is 21.6 Å². The highest BCUT2D eigenvalue weighted by atomic mass is 32.2. The number of carbonyl (C=O) groups excluding carboxylic acids is 1. The largest absolute Gasteiger partial charge is 0.349 e. The summed E-state index contributed by atoms with van der Waals surface area (Å²) in [4.78, 5) is 23.6. The Labute approximate surface area is 188 Å². The quantitative estimate of drug-likeness (QED) is 0.522. The van der Waals surface area contributed by atoms with E-state index < -0.39 is 14.9 Å². The van der Waals surface area contributed by atoms with Gasteiger partial charge in [0.1, 0.15) is 0 Å². The van der Waals surface area contributed by atoms with Gasteiger partial charge in [0, 0.05) is 31.1 Å². The zero-order valence-corrected chi connectivity index (χ0v) is 19.6. The van der Waals surface area contributed by atoms with Crippen molar-refractivity contribution < 1.29 is 18.1 Å². The highest BCUT2D eigenvalue weighted by Crippen LogP contribution is 2.29. The number of aryl methyl sites for hydroxylation is 3. The maximum atomic E-state index is 13.2. The lowest BCUT2D eigenvalue weighted by molar-refractivity contribution is -0.384. The van der Waals surface area contributed by atoms with Gasteiger partial charge in [-0.3, -0.25) is 14.9 Å².